The molecule has 0 spiro atoms. The number of nitrogens with zero attached hydrogens (tertiary/aromatic N) is 3. The van der Waals surface area contributed by atoms with Crippen molar-refractivity contribution in [3.05, 3.63) is 77.7 Å². The minimum atomic E-state index is -0.321. The Kier molecular flexibility index (Phi) is 5.07. The molecule has 0 aliphatic heterocycles. The van der Waals surface area contributed by atoms with Crippen LogP contribution in [0.4, 0.5) is 0 Å². The van der Waals surface area contributed by atoms with E-state index in [-0.39, 0.29) is 6.04 Å². The molecule has 1 unspecified atom stereocenters. The Morgan fingerprint density at radius 3 is 2.19 bits per heavy atom. The lowest BCUT2D eigenvalue weighted by Crippen LogP contribution is -2.48. The minimum absolute atomic E-state index is 0.321. The summed E-state index contributed by atoms with van der Waals surface area (Å²) >= 11 is 0. The van der Waals surface area contributed by atoms with Gasteiger partial charge in [-0.2, -0.15) is 0 Å². The van der Waals surface area contributed by atoms with Gasteiger partial charge in [0.2, 0.25) is 0 Å². The van der Waals surface area contributed by atoms with Crippen LogP contribution in [0.15, 0.2) is 65.8 Å². The van der Waals surface area contributed by atoms with E-state index >= 15 is 0 Å². The second-order valence-corrected chi connectivity index (χ2v) is 6.31. The summed E-state index contributed by atoms with van der Waals surface area (Å²) in [5.41, 5.74) is 4.20. The second kappa shape index (κ2) is 7.44. The first-order valence-electron chi connectivity index (χ1n) is 8.74. The van der Waals surface area contributed by atoms with Crippen LogP contribution in [0.1, 0.15) is 37.0 Å². The SMILES string of the molecule is CCc1n(O)c(C)c(-c2ccccc2)[n+]1C(/C(C)=N/O)c1ccccc1. The van der Waals surface area contributed by atoms with E-state index in [2.05, 4.69) is 9.72 Å². The lowest BCUT2D eigenvalue weighted by Gasteiger charge is -2.17. The first kappa shape index (κ1) is 17.7. The zero-order valence-electron chi connectivity index (χ0n) is 15.3. The van der Waals surface area contributed by atoms with Gasteiger partial charge in [-0.05, 0) is 11.7 Å². The molecule has 0 aliphatic carbocycles. The van der Waals surface area contributed by atoms with Gasteiger partial charge in [0, 0.05) is 18.1 Å². The maximum absolute atomic E-state index is 10.7. The van der Waals surface area contributed by atoms with Crippen molar-refractivity contribution >= 4 is 5.71 Å². The molecule has 0 bridgehead atoms. The molecular weight excluding hydrogens is 326 g/mol. The highest BCUT2D eigenvalue weighted by Crippen LogP contribution is 2.26. The smallest absolute Gasteiger partial charge is 0.297 e. The molecular formula is C21H24N3O2+. The minimum Gasteiger partial charge on any atom is -0.411 e. The van der Waals surface area contributed by atoms with Gasteiger partial charge < -0.3 is 10.4 Å². The normalized spacial score (nSPS) is 13.0. The van der Waals surface area contributed by atoms with Crippen LogP contribution in [0.25, 0.3) is 11.3 Å². The standard InChI is InChI=1S/C21H23N3O2/c1-4-19-23(20(15(2)22-25)17-11-7-5-8-12-17)21(16(3)24(19)26)18-13-9-6-10-14-18/h5-14,20H,4H2,1-3H3,(H-,25,26)/p+1/b22-15+. The number of hydrogen-bond acceptors (Lipinski definition) is 3. The molecule has 26 heavy (non-hydrogen) atoms. The fourth-order valence-corrected chi connectivity index (χ4v) is 3.51. The summed E-state index contributed by atoms with van der Waals surface area (Å²) in [5.74, 6) is 0.748. The number of rotatable bonds is 5. The summed E-state index contributed by atoms with van der Waals surface area (Å²) in [7, 11) is 0. The highest BCUT2D eigenvalue weighted by Gasteiger charge is 2.35. The Bertz CT molecular complexity index is 915. The molecule has 0 saturated heterocycles. The van der Waals surface area contributed by atoms with Gasteiger partial charge in [0.25, 0.3) is 5.82 Å². The highest BCUT2D eigenvalue weighted by molar-refractivity contribution is 5.86. The molecule has 5 heteroatoms. The van der Waals surface area contributed by atoms with E-state index in [4.69, 9.17) is 0 Å². The van der Waals surface area contributed by atoms with Gasteiger partial charge >= 0.3 is 0 Å². The van der Waals surface area contributed by atoms with Gasteiger partial charge in [0.05, 0.1) is 6.42 Å². The third-order valence-corrected chi connectivity index (χ3v) is 4.71. The lowest BCUT2D eigenvalue weighted by atomic mass is 10.0. The first-order valence-corrected chi connectivity index (χ1v) is 8.74. The van der Waals surface area contributed by atoms with Crippen LogP contribution in [-0.2, 0) is 6.42 Å². The summed E-state index contributed by atoms with van der Waals surface area (Å²) in [6, 6.07) is 19.5. The molecule has 134 valence electrons. The van der Waals surface area contributed by atoms with Crippen LogP contribution in [0.5, 0.6) is 0 Å². The van der Waals surface area contributed by atoms with Gasteiger partial charge in [-0.15, -0.1) is 0 Å². The van der Waals surface area contributed by atoms with Crippen molar-refractivity contribution in [2.24, 2.45) is 5.16 Å². The van der Waals surface area contributed by atoms with Crippen molar-refractivity contribution in [3.8, 4) is 11.3 Å². The molecule has 1 heterocycles. The number of imidazole rings is 1. The third kappa shape index (κ3) is 2.96. The summed E-state index contributed by atoms with van der Waals surface area (Å²) in [6.45, 7) is 5.69. The van der Waals surface area contributed by atoms with E-state index in [1.165, 1.54) is 4.73 Å². The molecule has 0 radical (unpaired) electrons. The summed E-state index contributed by atoms with van der Waals surface area (Å²) in [4.78, 5) is 0. The van der Waals surface area contributed by atoms with Crippen molar-refractivity contribution in [2.45, 2.75) is 33.2 Å². The summed E-state index contributed by atoms with van der Waals surface area (Å²) in [5, 5.41) is 23.7. The second-order valence-electron chi connectivity index (χ2n) is 6.31. The van der Waals surface area contributed by atoms with E-state index in [1.54, 1.807) is 6.92 Å². The first-order chi connectivity index (χ1) is 12.6. The molecule has 3 rings (SSSR count). The zero-order chi connectivity index (χ0) is 18.7. The molecule has 1 atom stereocenters. The van der Waals surface area contributed by atoms with Crippen LogP contribution in [0, 0.1) is 6.92 Å². The number of oxime groups is 1. The molecule has 5 nitrogen and oxygen atoms in total. The van der Waals surface area contributed by atoms with Crippen molar-refractivity contribution in [2.75, 3.05) is 0 Å². The van der Waals surface area contributed by atoms with Crippen molar-refractivity contribution in [1.29, 1.82) is 0 Å². The van der Waals surface area contributed by atoms with Gasteiger partial charge in [0.15, 0.2) is 17.4 Å². The van der Waals surface area contributed by atoms with Gasteiger partial charge in [-0.1, -0.05) is 72.7 Å². The Morgan fingerprint density at radius 1 is 1.08 bits per heavy atom. The van der Waals surface area contributed by atoms with Gasteiger partial charge in [-0.25, -0.2) is 4.57 Å². The van der Waals surface area contributed by atoms with Crippen LogP contribution < -0.4 is 4.57 Å². The quantitative estimate of drug-likeness (QED) is 0.240. The predicted octanol–water partition coefficient (Wildman–Crippen LogP) is 3.99. The molecule has 1 aromatic heterocycles. The molecule has 0 aliphatic rings. The Morgan fingerprint density at radius 2 is 1.65 bits per heavy atom. The number of hydrogen-bond donors (Lipinski definition) is 2. The maximum atomic E-state index is 10.7. The van der Waals surface area contributed by atoms with Crippen molar-refractivity contribution in [1.82, 2.24) is 4.73 Å². The molecule has 0 fully saturated rings. The third-order valence-electron chi connectivity index (χ3n) is 4.71. The molecule has 0 amide bonds. The van der Waals surface area contributed by atoms with Crippen LogP contribution in [0.2, 0.25) is 0 Å². The Labute approximate surface area is 153 Å². The number of aromatic nitrogens is 2. The maximum Gasteiger partial charge on any atom is 0.297 e. The fourth-order valence-electron chi connectivity index (χ4n) is 3.51. The molecule has 3 aromatic rings. The van der Waals surface area contributed by atoms with Gasteiger partial charge in [-0.3, -0.25) is 0 Å². The highest BCUT2D eigenvalue weighted by atomic mass is 16.5. The Balaban J connectivity index is 2.36. The zero-order valence-corrected chi connectivity index (χ0v) is 15.3. The van der Waals surface area contributed by atoms with Crippen LogP contribution >= 0.6 is 0 Å². The van der Waals surface area contributed by atoms with E-state index in [0.717, 1.165) is 28.3 Å². The predicted molar refractivity (Wildman–Crippen MR) is 101 cm³/mol. The average molecular weight is 350 g/mol. The van der Waals surface area contributed by atoms with Crippen molar-refractivity contribution < 1.29 is 15.0 Å². The fraction of sp³-hybridized carbons (Fsp3) is 0.238. The largest absolute Gasteiger partial charge is 0.411 e. The Hall–Kier alpha value is -3.08. The van der Waals surface area contributed by atoms with E-state index < -0.39 is 0 Å². The van der Waals surface area contributed by atoms with Crippen molar-refractivity contribution in [3.63, 3.8) is 0 Å². The molecule has 0 saturated carbocycles. The van der Waals surface area contributed by atoms with E-state index in [0.29, 0.717) is 12.1 Å². The molecule has 2 aromatic carbocycles. The molecule has 2 N–H and O–H groups in total. The van der Waals surface area contributed by atoms with E-state index in [1.807, 2.05) is 74.5 Å². The monoisotopic (exact) mass is 350 g/mol. The van der Waals surface area contributed by atoms with E-state index in [9.17, 15) is 10.4 Å². The van der Waals surface area contributed by atoms with Gasteiger partial charge in [0.1, 0.15) is 5.71 Å². The van der Waals surface area contributed by atoms with Crippen LogP contribution in [-0.4, -0.2) is 20.9 Å². The number of benzene rings is 2. The summed E-state index contributed by atoms with van der Waals surface area (Å²) < 4.78 is 3.30. The average Bonchev–Trinajstić information content (AvgIpc) is 2.93. The summed E-state index contributed by atoms with van der Waals surface area (Å²) in [6.07, 6.45) is 0.631. The lowest BCUT2D eigenvalue weighted by molar-refractivity contribution is -0.695. The topological polar surface area (TPSA) is 61.6 Å². The van der Waals surface area contributed by atoms with Crippen LogP contribution in [0.3, 0.4) is 0 Å².